The molecule has 0 unspecified atom stereocenters. The van der Waals surface area contributed by atoms with Crippen LogP contribution in [0.5, 0.6) is 0 Å². The summed E-state index contributed by atoms with van der Waals surface area (Å²) >= 11 is 5.69. The maximum Gasteiger partial charge on any atom is 0.276 e. The molecule has 0 saturated heterocycles. The number of nitrogens with one attached hydrogen (secondary N) is 1. The molecule has 0 aromatic carbocycles. The summed E-state index contributed by atoms with van der Waals surface area (Å²) < 4.78 is 1.45. The van der Waals surface area contributed by atoms with Crippen LogP contribution < -0.4 is 5.56 Å². The highest BCUT2D eigenvalue weighted by Crippen LogP contribution is 2.11. The standard InChI is InChI=1S/C9H8ClN3O/c1-2-3-13-9(14)6-5-11-8(10)4-7(6)12-13/h2,4-5,12H,1,3H2. The maximum atomic E-state index is 11.6. The third-order valence-corrected chi connectivity index (χ3v) is 2.12. The lowest BCUT2D eigenvalue weighted by Crippen LogP contribution is -2.15. The fraction of sp³-hybridized carbons (Fsp3) is 0.111. The van der Waals surface area contributed by atoms with Gasteiger partial charge in [0, 0.05) is 12.3 Å². The van der Waals surface area contributed by atoms with Crippen molar-refractivity contribution >= 4 is 22.5 Å². The third-order valence-electron chi connectivity index (χ3n) is 1.91. The first-order valence-corrected chi connectivity index (χ1v) is 4.45. The summed E-state index contributed by atoms with van der Waals surface area (Å²) in [5.74, 6) is 0. The number of aromatic nitrogens is 3. The smallest absolute Gasteiger partial charge is 0.276 e. The van der Waals surface area contributed by atoms with Crippen LogP contribution >= 0.6 is 11.6 Å². The van der Waals surface area contributed by atoms with Gasteiger partial charge in [0.15, 0.2) is 0 Å². The molecule has 0 fully saturated rings. The molecule has 0 saturated carbocycles. The Morgan fingerprint density at radius 1 is 1.71 bits per heavy atom. The van der Waals surface area contributed by atoms with Crippen LogP contribution in [0.4, 0.5) is 0 Å². The van der Waals surface area contributed by atoms with Gasteiger partial charge in [0.25, 0.3) is 5.56 Å². The molecule has 14 heavy (non-hydrogen) atoms. The van der Waals surface area contributed by atoms with Gasteiger partial charge in [-0.25, -0.2) is 9.67 Å². The Labute approximate surface area is 84.8 Å². The topological polar surface area (TPSA) is 50.7 Å². The lowest BCUT2D eigenvalue weighted by Gasteiger charge is -1.92. The summed E-state index contributed by atoms with van der Waals surface area (Å²) in [7, 11) is 0. The molecule has 5 heteroatoms. The average molecular weight is 210 g/mol. The second kappa shape index (κ2) is 3.31. The summed E-state index contributed by atoms with van der Waals surface area (Å²) in [4.78, 5) is 15.5. The molecule has 0 bridgehead atoms. The number of aromatic amines is 1. The summed E-state index contributed by atoms with van der Waals surface area (Å²) in [5.41, 5.74) is 0.584. The number of H-pyrrole nitrogens is 1. The van der Waals surface area contributed by atoms with Gasteiger partial charge in [-0.2, -0.15) is 0 Å². The number of hydrogen-bond donors (Lipinski definition) is 1. The SMILES string of the molecule is C=CCn1[nH]c2cc(Cl)ncc2c1=O. The molecule has 0 spiro atoms. The van der Waals surface area contributed by atoms with Crippen molar-refractivity contribution in [3.05, 3.63) is 40.4 Å². The lowest BCUT2D eigenvalue weighted by molar-refractivity contribution is 0.687. The van der Waals surface area contributed by atoms with Gasteiger partial charge >= 0.3 is 0 Å². The van der Waals surface area contributed by atoms with Gasteiger partial charge in [-0.1, -0.05) is 17.7 Å². The van der Waals surface area contributed by atoms with Crippen LogP contribution in [0.25, 0.3) is 10.9 Å². The highest BCUT2D eigenvalue weighted by Gasteiger charge is 2.05. The second-order valence-electron chi connectivity index (χ2n) is 2.87. The fourth-order valence-electron chi connectivity index (χ4n) is 1.29. The highest BCUT2D eigenvalue weighted by molar-refractivity contribution is 6.29. The zero-order valence-electron chi connectivity index (χ0n) is 7.33. The zero-order chi connectivity index (χ0) is 10.1. The van der Waals surface area contributed by atoms with E-state index in [2.05, 4.69) is 16.7 Å². The monoisotopic (exact) mass is 209 g/mol. The van der Waals surface area contributed by atoms with Crippen LogP contribution in [0.15, 0.2) is 29.7 Å². The Morgan fingerprint density at radius 3 is 3.21 bits per heavy atom. The van der Waals surface area contributed by atoms with E-state index in [1.54, 1.807) is 12.1 Å². The Morgan fingerprint density at radius 2 is 2.50 bits per heavy atom. The Bertz CT molecular complexity index is 540. The van der Waals surface area contributed by atoms with Crippen molar-refractivity contribution in [3.63, 3.8) is 0 Å². The number of allylic oxidation sites excluding steroid dienone is 1. The molecule has 72 valence electrons. The van der Waals surface area contributed by atoms with E-state index in [9.17, 15) is 4.79 Å². The number of halogens is 1. The van der Waals surface area contributed by atoms with E-state index < -0.39 is 0 Å². The van der Waals surface area contributed by atoms with Crippen molar-refractivity contribution in [2.75, 3.05) is 0 Å². The van der Waals surface area contributed by atoms with Gasteiger partial charge in [-0.3, -0.25) is 9.89 Å². The lowest BCUT2D eigenvalue weighted by atomic mass is 10.3. The first-order valence-electron chi connectivity index (χ1n) is 4.07. The van der Waals surface area contributed by atoms with Crippen molar-refractivity contribution in [2.45, 2.75) is 6.54 Å². The molecule has 0 atom stereocenters. The first-order chi connectivity index (χ1) is 6.72. The van der Waals surface area contributed by atoms with E-state index in [1.807, 2.05) is 0 Å². The quantitative estimate of drug-likeness (QED) is 0.603. The molecule has 0 aliphatic heterocycles. The number of rotatable bonds is 2. The summed E-state index contributed by atoms with van der Waals surface area (Å²) in [6.45, 7) is 4.01. The van der Waals surface area contributed by atoms with Gasteiger partial charge in [-0.05, 0) is 0 Å². The second-order valence-corrected chi connectivity index (χ2v) is 3.26. The van der Waals surface area contributed by atoms with E-state index in [4.69, 9.17) is 11.6 Å². The van der Waals surface area contributed by atoms with E-state index in [0.717, 1.165) is 0 Å². The van der Waals surface area contributed by atoms with E-state index in [-0.39, 0.29) is 5.56 Å². The minimum atomic E-state index is -0.107. The van der Waals surface area contributed by atoms with Crippen LogP contribution in [0.2, 0.25) is 5.15 Å². The Hall–Kier alpha value is -1.55. The molecule has 4 nitrogen and oxygen atoms in total. The predicted octanol–water partition coefficient (Wildman–Crippen LogP) is 1.56. The largest absolute Gasteiger partial charge is 0.294 e. The molecule has 2 rings (SSSR count). The van der Waals surface area contributed by atoms with Crippen molar-refractivity contribution in [2.24, 2.45) is 0 Å². The minimum absolute atomic E-state index is 0.107. The van der Waals surface area contributed by atoms with Crippen LogP contribution in [-0.4, -0.2) is 14.8 Å². The van der Waals surface area contributed by atoms with Crippen LogP contribution in [0.1, 0.15) is 0 Å². The molecular formula is C9H8ClN3O. The maximum absolute atomic E-state index is 11.6. The van der Waals surface area contributed by atoms with Crippen molar-refractivity contribution in [1.82, 2.24) is 14.8 Å². The van der Waals surface area contributed by atoms with Crippen molar-refractivity contribution in [1.29, 1.82) is 0 Å². The molecule has 2 aromatic rings. The summed E-state index contributed by atoms with van der Waals surface area (Å²) in [6.07, 6.45) is 3.11. The van der Waals surface area contributed by atoms with E-state index in [0.29, 0.717) is 22.6 Å². The highest BCUT2D eigenvalue weighted by atomic mass is 35.5. The van der Waals surface area contributed by atoms with Gasteiger partial charge in [0.2, 0.25) is 0 Å². The van der Waals surface area contributed by atoms with Gasteiger partial charge in [0.1, 0.15) is 5.15 Å². The van der Waals surface area contributed by atoms with Crippen LogP contribution in [0.3, 0.4) is 0 Å². The first kappa shape index (κ1) is 9.02. The number of nitrogens with zero attached hydrogens (tertiary/aromatic N) is 2. The van der Waals surface area contributed by atoms with E-state index in [1.165, 1.54) is 10.9 Å². The average Bonchev–Trinajstić information content (AvgIpc) is 2.44. The van der Waals surface area contributed by atoms with Crippen molar-refractivity contribution < 1.29 is 0 Å². The van der Waals surface area contributed by atoms with Crippen molar-refractivity contribution in [3.8, 4) is 0 Å². The minimum Gasteiger partial charge on any atom is -0.294 e. The molecule has 2 heterocycles. The molecule has 0 radical (unpaired) electrons. The third kappa shape index (κ3) is 1.33. The zero-order valence-corrected chi connectivity index (χ0v) is 8.08. The summed E-state index contributed by atoms with van der Waals surface area (Å²) in [5, 5.41) is 3.82. The molecule has 0 aliphatic carbocycles. The number of pyridine rings is 1. The number of hydrogen-bond acceptors (Lipinski definition) is 2. The fourth-order valence-corrected chi connectivity index (χ4v) is 1.45. The molecule has 0 amide bonds. The molecule has 2 aromatic heterocycles. The van der Waals surface area contributed by atoms with Gasteiger partial charge < -0.3 is 0 Å². The molecular weight excluding hydrogens is 202 g/mol. The van der Waals surface area contributed by atoms with Crippen LogP contribution in [-0.2, 0) is 6.54 Å². The van der Waals surface area contributed by atoms with Crippen LogP contribution in [0, 0.1) is 0 Å². The normalized spacial score (nSPS) is 10.6. The molecule has 0 aliphatic rings. The Balaban J connectivity index is 2.73. The van der Waals surface area contributed by atoms with Gasteiger partial charge in [-0.15, -0.1) is 6.58 Å². The summed E-state index contributed by atoms with van der Waals surface area (Å²) in [6, 6.07) is 1.62. The molecule has 1 N–H and O–H groups in total. The predicted molar refractivity (Wildman–Crippen MR) is 55.6 cm³/mol. The number of fused-ring (bicyclic) bond motifs is 1. The van der Waals surface area contributed by atoms with Gasteiger partial charge in [0.05, 0.1) is 17.4 Å². The van der Waals surface area contributed by atoms with E-state index >= 15 is 0 Å². The Kier molecular flexibility index (Phi) is 2.13.